The number of hydrogen-bond acceptors (Lipinski definition) is 7. The molecule has 0 N–H and O–H groups in total. The van der Waals surface area contributed by atoms with Gasteiger partial charge in [0.2, 0.25) is 0 Å². The van der Waals surface area contributed by atoms with Crippen molar-refractivity contribution in [1.29, 1.82) is 0 Å². The summed E-state index contributed by atoms with van der Waals surface area (Å²) >= 11 is 6.59. The zero-order chi connectivity index (χ0) is 23.6. The third-order valence-electron chi connectivity index (χ3n) is 4.76. The standard InChI is InChI=1S/C25H29NO5S2/c1-4-26-24(27)23(33-25(26)32)17-19-8-11-21(22(16-19)29-5-2)31-15-13-28-12-14-30-20-9-6-18(3)7-10-20/h6-11,16-17H,4-5,12-15H2,1-3H3. The Bertz CT molecular complexity index is 991. The maximum atomic E-state index is 12.4. The molecular formula is C25H29NO5S2. The van der Waals surface area contributed by atoms with Crippen molar-refractivity contribution in [2.75, 3.05) is 39.6 Å². The van der Waals surface area contributed by atoms with E-state index >= 15 is 0 Å². The second-order valence-corrected chi connectivity index (χ2v) is 8.86. The molecule has 33 heavy (non-hydrogen) atoms. The highest BCUT2D eigenvalue weighted by Gasteiger charge is 2.30. The number of nitrogens with zero attached hydrogens (tertiary/aromatic N) is 1. The Labute approximate surface area is 204 Å². The molecule has 0 saturated carbocycles. The number of carbonyl (C=O) groups is 1. The number of likely N-dealkylation sites (N-methyl/N-ethyl adjacent to an activating group) is 1. The molecule has 0 aliphatic carbocycles. The van der Waals surface area contributed by atoms with Crippen molar-refractivity contribution in [3.05, 3.63) is 58.5 Å². The topological polar surface area (TPSA) is 57.2 Å². The van der Waals surface area contributed by atoms with E-state index in [9.17, 15) is 4.79 Å². The Balaban J connectivity index is 1.48. The molecule has 2 aromatic rings. The molecule has 0 radical (unpaired) electrons. The van der Waals surface area contributed by atoms with Gasteiger partial charge in [0, 0.05) is 6.54 Å². The monoisotopic (exact) mass is 487 g/mol. The summed E-state index contributed by atoms with van der Waals surface area (Å²) in [5.74, 6) is 2.03. The quantitative estimate of drug-likeness (QED) is 0.235. The van der Waals surface area contributed by atoms with Crippen LogP contribution in [0.15, 0.2) is 47.4 Å². The second-order valence-electron chi connectivity index (χ2n) is 7.19. The number of benzene rings is 2. The van der Waals surface area contributed by atoms with Crippen LogP contribution in [-0.2, 0) is 9.53 Å². The molecule has 3 rings (SSSR count). The first-order valence-corrected chi connectivity index (χ1v) is 12.2. The van der Waals surface area contributed by atoms with Crippen LogP contribution < -0.4 is 14.2 Å². The van der Waals surface area contributed by atoms with Crippen molar-refractivity contribution < 1.29 is 23.7 Å². The maximum absolute atomic E-state index is 12.4. The van der Waals surface area contributed by atoms with Crippen LogP contribution in [-0.4, -0.2) is 54.7 Å². The van der Waals surface area contributed by atoms with Crippen LogP contribution in [0.25, 0.3) is 6.08 Å². The largest absolute Gasteiger partial charge is 0.491 e. The molecule has 1 aliphatic rings. The smallest absolute Gasteiger partial charge is 0.266 e. The molecule has 0 aromatic heterocycles. The highest BCUT2D eigenvalue weighted by molar-refractivity contribution is 8.26. The lowest BCUT2D eigenvalue weighted by atomic mass is 10.2. The van der Waals surface area contributed by atoms with Gasteiger partial charge < -0.3 is 18.9 Å². The number of thioether (sulfide) groups is 1. The fourth-order valence-corrected chi connectivity index (χ4v) is 4.48. The SMILES string of the molecule is CCOc1cc(C=C2SC(=S)N(CC)C2=O)ccc1OCCOCCOc1ccc(C)cc1. The molecule has 1 fully saturated rings. The Morgan fingerprint density at radius 1 is 0.939 bits per heavy atom. The molecule has 0 spiro atoms. The molecule has 1 aliphatic heterocycles. The van der Waals surface area contributed by atoms with Gasteiger partial charge in [-0.3, -0.25) is 9.69 Å². The van der Waals surface area contributed by atoms with Gasteiger partial charge in [0.05, 0.1) is 24.7 Å². The number of amides is 1. The van der Waals surface area contributed by atoms with Crippen LogP contribution in [0.4, 0.5) is 0 Å². The number of aryl methyl sites for hydroxylation is 1. The van der Waals surface area contributed by atoms with Crippen LogP contribution in [0, 0.1) is 6.92 Å². The van der Waals surface area contributed by atoms with Gasteiger partial charge in [0.1, 0.15) is 23.3 Å². The van der Waals surface area contributed by atoms with Crippen molar-refractivity contribution in [1.82, 2.24) is 4.90 Å². The van der Waals surface area contributed by atoms with Gasteiger partial charge in [-0.2, -0.15) is 0 Å². The van der Waals surface area contributed by atoms with Gasteiger partial charge in [-0.1, -0.05) is 47.7 Å². The van der Waals surface area contributed by atoms with Crippen molar-refractivity contribution in [3.63, 3.8) is 0 Å². The van der Waals surface area contributed by atoms with Crippen LogP contribution in [0.3, 0.4) is 0 Å². The molecule has 1 heterocycles. The predicted molar refractivity (Wildman–Crippen MR) is 136 cm³/mol. The summed E-state index contributed by atoms with van der Waals surface area (Å²) in [4.78, 5) is 14.6. The van der Waals surface area contributed by atoms with E-state index in [4.69, 9.17) is 31.2 Å². The van der Waals surface area contributed by atoms with Gasteiger partial charge in [-0.05, 0) is 56.7 Å². The fraction of sp³-hybridized carbons (Fsp3) is 0.360. The lowest BCUT2D eigenvalue weighted by molar-refractivity contribution is -0.121. The lowest BCUT2D eigenvalue weighted by Gasteiger charge is -2.13. The lowest BCUT2D eigenvalue weighted by Crippen LogP contribution is -2.27. The number of ether oxygens (including phenoxy) is 4. The molecule has 6 nitrogen and oxygen atoms in total. The van der Waals surface area contributed by atoms with E-state index in [1.54, 1.807) is 4.90 Å². The number of carbonyl (C=O) groups excluding carboxylic acids is 1. The molecule has 0 unspecified atom stereocenters. The normalized spacial score (nSPS) is 14.8. The Hall–Kier alpha value is -2.55. The summed E-state index contributed by atoms with van der Waals surface area (Å²) in [6, 6.07) is 13.5. The minimum absolute atomic E-state index is 0.0608. The van der Waals surface area contributed by atoms with E-state index in [-0.39, 0.29) is 5.91 Å². The Morgan fingerprint density at radius 3 is 2.33 bits per heavy atom. The minimum atomic E-state index is -0.0608. The molecule has 2 aromatic carbocycles. The third-order valence-corrected chi connectivity index (χ3v) is 6.14. The molecule has 176 valence electrons. The maximum Gasteiger partial charge on any atom is 0.266 e. The molecule has 0 atom stereocenters. The van der Waals surface area contributed by atoms with Crippen molar-refractivity contribution >= 4 is 40.3 Å². The van der Waals surface area contributed by atoms with Crippen LogP contribution in [0.1, 0.15) is 25.0 Å². The first-order chi connectivity index (χ1) is 16.0. The highest BCUT2D eigenvalue weighted by atomic mass is 32.2. The van der Waals surface area contributed by atoms with E-state index in [0.717, 1.165) is 11.3 Å². The number of rotatable bonds is 12. The average Bonchev–Trinajstić information content (AvgIpc) is 3.07. The Morgan fingerprint density at radius 2 is 1.67 bits per heavy atom. The van der Waals surface area contributed by atoms with E-state index < -0.39 is 0 Å². The van der Waals surface area contributed by atoms with Crippen molar-refractivity contribution in [2.24, 2.45) is 0 Å². The second kappa shape index (κ2) is 12.6. The van der Waals surface area contributed by atoms with Crippen molar-refractivity contribution in [2.45, 2.75) is 20.8 Å². The zero-order valence-electron chi connectivity index (χ0n) is 19.2. The fourth-order valence-electron chi connectivity index (χ4n) is 3.09. The average molecular weight is 488 g/mol. The van der Waals surface area contributed by atoms with Crippen molar-refractivity contribution in [3.8, 4) is 17.2 Å². The molecular weight excluding hydrogens is 458 g/mol. The summed E-state index contributed by atoms with van der Waals surface area (Å²) in [7, 11) is 0. The number of hydrogen-bond donors (Lipinski definition) is 0. The minimum Gasteiger partial charge on any atom is -0.491 e. The van der Waals surface area contributed by atoms with E-state index in [2.05, 4.69) is 0 Å². The first-order valence-electron chi connectivity index (χ1n) is 10.9. The summed E-state index contributed by atoms with van der Waals surface area (Å²) in [6.45, 7) is 8.72. The number of thiocarbonyl (C=S) groups is 1. The van der Waals surface area contributed by atoms with Crippen LogP contribution >= 0.6 is 24.0 Å². The van der Waals surface area contributed by atoms with Gasteiger partial charge in [0.25, 0.3) is 5.91 Å². The van der Waals surface area contributed by atoms with Crippen LogP contribution in [0.2, 0.25) is 0 Å². The summed E-state index contributed by atoms with van der Waals surface area (Å²) in [5, 5.41) is 0. The highest BCUT2D eigenvalue weighted by Crippen LogP contribution is 2.34. The zero-order valence-corrected chi connectivity index (χ0v) is 20.8. The Kier molecular flexibility index (Phi) is 9.60. The van der Waals surface area contributed by atoms with E-state index in [0.29, 0.717) is 60.3 Å². The van der Waals surface area contributed by atoms with Gasteiger partial charge >= 0.3 is 0 Å². The van der Waals surface area contributed by atoms with E-state index in [1.807, 2.05) is 69.3 Å². The molecule has 8 heteroatoms. The summed E-state index contributed by atoms with van der Waals surface area (Å²) < 4.78 is 23.4. The van der Waals surface area contributed by atoms with Gasteiger partial charge in [-0.15, -0.1) is 0 Å². The first kappa shape index (κ1) is 25.1. The summed E-state index contributed by atoms with van der Waals surface area (Å²) in [5.41, 5.74) is 2.05. The van der Waals surface area contributed by atoms with Gasteiger partial charge in [0.15, 0.2) is 11.5 Å². The molecule has 1 saturated heterocycles. The third kappa shape index (κ3) is 7.22. The van der Waals surface area contributed by atoms with E-state index in [1.165, 1.54) is 17.3 Å². The van der Waals surface area contributed by atoms with Crippen LogP contribution in [0.5, 0.6) is 17.2 Å². The summed E-state index contributed by atoms with van der Waals surface area (Å²) in [6.07, 6.45) is 1.83. The molecule has 1 amide bonds. The molecule has 0 bridgehead atoms. The van der Waals surface area contributed by atoms with Gasteiger partial charge in [-0.25, -0.2) is 0 Å². The predicted octanol–water partition coefficient (Wildman–Crippen LogP) is 5.09.